The average molecular weight is 439 g/mol. The first-order valence-electron chi connectivity index (χ1n) is 8.58. The molecule has 2 heterocycles. The molecule has 0 aliphatic rings. The van der Waals surface area contributed by atoms with Crippen LogP contribution in [0.3, 0.4) is 0 Å². The van der Waals surface area contributed by atoms with Gasteiger partial charge >= 0.3 is 6.18 Å². The number of benzene rings is 1. The maximum absolute atomic E-state index is 13.3. The number of nitrogens with one attached hydrogen (secondary N) is 2. The second-order valence-corrected chi connectivity index (χ2v) is 7.25. The molecular formula is C19H16F3N3O4S. The minimum Gasteiger partial charge on any atom is -0.466 e. The Balaban J connectivity index is 1.56. The molecule has 0 saturated carbocycles. The first-order chi connectivity index (χ1) is 14.2. The van der Waals surface area contributed by atoms with Gasteiger partial charge in [0.1, 0.15) is 5.76 Å². The maximum atomic E-state index is 13.3. The number of para-hydroxylation sites is 1. The van der Waals surface area contributed by atoms with Crippen LogP contribution in [0.1, 0.15) is 12.2 Å². The summed E-state index contributed by atoms with van der Waals surface area (Å²) in [4.78, 5) is 28.9. The van der Waals surface area contributed by atoms with Crippen LogP contribution >= 0.6 is 11.8 Å². The molecule has 2 aromatic heterocycles. The largest absolute Gasteiger partial charge is 0.466 e. The van der Waals surface area contributed by atoms with Crippen LogP contribution in [0.4, 0.5) is 13.2 Å². The molecule has 158 valence electrons. The molecule has 0 saturated heterocycles. The number of fused-ring (bicyclic) bond motifs is 1. The smallest absolute Gasteiger partial charge is 0.425 e. The zero-order chi connectivity index (χ0) is 21.8. The average Bonchev–Trinajstić information content (AvgIpc) is 3.25. The lowest BCUT2D eigenvalue weighted by atomic mass is 9.95. The van der Waals surface area contributed by atoms with Crippen molar-refractivity contribution in [1.82, 2.24) is 15.8 Å². The molecule has 2 amide bonds. The van der Waals surface area contributed by atoms with E-state index < -0.39 is 35.8 Å². The predicted molar refractivity (Wildman–Crippen MR) is 102 cm³/mol. The van der Waals surface area contributed by atoms with E-state index in [1.54, 1.807) is 24.4 Å². The molecule has 0 fully saturated rings. The number of furan rings is 1. The van der Waals surface area contributed by atoms with Crippen molar-refractivity contribution in [3.8, 4) is 0 Å². The molecule has 0 bridgehead atoms. The van der Waals surface area contributed by atoms with E-state index in [1.807, 2.05) is 23.0 Å². The Hall–Kier alpha value is -3.05. The van der Waals surface area contributed by atoms with E-state index in [9.17, 15) is 27.9 Å². The minimum atomic E-state index is -5.16. The highest BCUT2D eigenvalue weighted by Crippen LogP contribution is 2.41. The van der Waals surface area contributed by atoms with Gasteiger partial charge in [0.25, 0.3) is 0 Å². The maximum Gasteiger partial charge on any atom is 0.425 e. The summed E-state index contributed by atoms with van der Waals surface area (Å²) in [5.74, 6) is -2.82. The lowest BCUT2D eigenvalue weighted by Crippen LogP contribution is -2.49. The van der Waals surface area contributed by atoms with Crippen LogP contribution < -0.4 is 10.9 Å². The zero-order valence-corrected chi connectivity index (χ0v) is 16.1. The predicted octanol–water partition coefficient (Wildman–Crippen LogP) is 2.91. The summed E-state index contributed by atoms with van der Waals surface area (Å²) in [7, 11) is 0. The van der Waals surface area contributed by atoms with E-state index in [2.05, 4.69) is 9.40 Å². The van der Waals surface area contributed by atoms with Crippen molar-refractivity contribution in [2.75, 3.05) is 5.75 Å². The van der Waals surface area contributed by atoms with Crippen molar-refractivity contribution in [3.05, 3.63) is 60.7 Å². The van der Waals surface area contributed by atoms with Crippen LogP contribution in [-0.4, -0.2) is 33.8 Å². The van der Waals surface area contributed by atoms with Gasteiger partial charge in [-0.15, -0.1) is 11.8 Å². The number of halogens is 3. The number of hydrogen-bond acceptors (Lipinski definition) is 6. The molecule has 7 nitrogen and oxygen atoms in total. The van der Waals surface area contributed by atoms with Gasteiger partial charge in [-0.05, 0) is 24.3 Å². The molecule has 3 aromatic rings. The number of aliphatic hydroxyl groups is 1. The van der Waals surface area contributed by atoms with E-state index in [1.165, 1.54) is 0 Å². The van der Waals surface area contributed by atoms with E-state index in [0.717, 1.165) is 40.4 Å². The fraction of sp³-hybridized carbons (Fsp3) is 0.211. The topological polar surface area (TPSA) is 104 Å². The number of thioether (sulfide) groups is 1. The first-order valence-corrected chi connectivity index (χ1v) is 9.56. The molecule has 30 heavy (non-hydrogen) atoms. The van der Waals surface area contributed by atoms with Crippen LogP contribution in [0.15, 0.2) is 64.2 Å². The molecular weight excluding hydrogens is 423 g/mol. The van der Waals surface area contributed by atoms with Crippen LogP contribution in [0.2, 0.25) is 0 Å². The fourth-order valence-corrected chi connectivity index (χ4v) is 3.47. The summed E-state index contributed by atoms with van der Waals surface area (Å²) in [6.45, 7) is 0. The van der Waals surface area contributed by atoms with Gasteiger partial charge in [-0.1, -0.05) is 18.2 Å². The third-order valence-electron chi connectivity index (χ3n) is 4.11. The standard InChI is InChI=1S/C19H16F3N3O4S/c20-19(21,22)18(28,14-7-3-9-29-14)10-15(26)24-25-16(27)11-30-13-6-1-4-12-5-2-8-23-17(12)13/h1-9,28H,10-11H2,(H,24,26)(H,25,27)/t18-/m1/s1. The quantitative estimate of drug-likeness (QED) is 0.403. The Kier molecular flexibility index (Phi) is 6.32. The highest BCUT2D eigenvalue weighted by molar-refractivity contribution is 8.00. The number of hydrogen-bond donors (Lipinski definition) is 3. The fourth-order valence-electron chi connectivity index (χ4n) is 2.63. The Bertz CT molecular complexity index is 1040. The highest BCUT2D eigenvalue weighted by atomic mass is 32.2. The number of carbonyl (C=O) groups excluding carboxylic acids is 2. The number of pyridine rings is 1. The van der Waals surface area contributed by atoms with Crippen molar-refractivity contribution in [3.63, 3.8) is 0 Å². The summed E-state index contributed by atoms with van der Waals surface area (Å²) >= 11 is 1.15. The molecule has 11 heteroatoms. The second-order valence-electron chi connectivity index (χ2n) is 6.23. The highest BCUT2D eigenvalue weighted by Gasteiger charge is 2.58. The summed E-state index contributed by atoms with van der Waals surface area (Å²) in [6, 6.07) is 11.2. The number of amides is 2. The third-order valence-corrected chi connectivity index (χ3v) is 5.16. The van der Waals surface area contributed by atoms with Crippen molar-refractivity contribution in [2.24, 2.45) is 0 Å². The molecule has 1 atom stereocenters. The molecule has 0 aliphatic carbocycles. The van der Waals surface area contributed by atoms with Gasteiger partial charge in [0.15, 0.2) is 0 Å². The normalized spacial score (nSPS) is 13.6. The van der Waals surface area contributed by atoms with Gasteiger partial charge in [-0.25, -0.2) is 0 Å². The summed E-state index contributed by atoms with van der Waals surface area (Å²) in [6.07, 6.45) is -3.98. The van der Waals surface area contributed by atoms with Crippen LogP contribution in [0, 0.1) is 0 Å². The lowest BCUT2D eigenvalue weighted by Gasteiger charge is -2.27. The minimum absolute atomic E-state index is 0.113. The number of alkyl halides is 3. The van der Waals surface area contributed by atoms with Crippen LogP contribution in [0.5, 0.6) is 0 Å². The molecule has 3 rings (SSSR count). The summed E-state index contributed by atoms with van der Waals surface area (Å²) in [5, 5.41) is 10.9. The Morgan fingerprint density at radius 2 is 1.80 bits per heavy atom. The molecule has 1 aromatic carbocycles. The van der Waals surface area contributed by atoms with Crippen molar-refractivity contribution < 1.29 is 32.3 Å². The van der Waals surface area contributed by atoms with Crippen molar-refractivity contribution in [2.45, 2.75) is 23.1 Å². The second kappa shape index (κ2) is 8.76. The van der Waals surface area contributed by atoms with E-state index >= 15 is 0 Å². The number of aromatic nitrogens is 1. The summed E-state index contributed by atoms with van der Waals surface area (Å²) < 4.78 is 44.5. The molecule has 0 unspecified atom stereocenters. The molecule has 0 aliphatic heterocycles. The molecule has 0 radical (unpaired) electrons. The number of nitrogens with zero attached hydrogens (tertiary/aromatic N) is 1. The Morgan fingerprint density at radius 3 is 2.50 bits per heavy atom. The van der Waals surface area contributed by atoms with E-state index in [0.29, 0.717) is 5.52 Å². The molecule has 0 spiro atoms. The van der Waals surface area contributed by atoms with Gasteiger partial charge in [0.2, 0.25) is 17.4 Å². The van der Waals surface area contributed by atoms with Crippen LogP contribution in [-0.2, 0) is 15.2 Å². The lowest BCUT2D eigenvalue weighted by molar-refractivity contribution is -0.273. The van der Waals surface area contributed by atoms with Gasteiger partial charge < -0.3 is 9.52 Å². The van der Waals surface area contributed by atoms with Crippen molar-refractivity contribution >= 4 is 34.5 Å². The summed E-state index contributed by atoms with van der Waals surface area (Å²) in [5.41, 5.74) is 1.09. The van der Waals surface area contributed by atoms with E-state index in [4.69, 9.17) is 0 Å². The number of hydrazine groups is 1. The van der Waals surface area contributed by atoms with Crippen molar-refractivity contribution in [1.29, 1.82) is 0 Å². The molecule has 3 N–H and O–H groups in total. The van der Waals surface area contributed by atoms with Gasteiger partial charge in [0.05, 0.1) is 24.0 Å². The van der Waals surface area contributed by atoms with Crippen LogP contribution in [0.25, 0.3) is 10.9 Å². The van der Waals surface area contributed by atoms with Gasteiger partial charge in [-0.3, -0.25) is 25.4 Å². The Morgan fingerprint density at radius 1 is 1.07 bits per heavy atom. The van der Waals surface area contributed by atoms with Gasteiger partial charge in [-0.2, -0.15) is 13.2 Å². The van der Waals surface area contributed by atoms with E-state index in [-0.39, 0.29) is 5.75 Å². The van der Waals surface area contributed by atoms with Gasteiger partial charge in [0, 0.05) is 16.5 Å². The SMILES string of the molecule is O=C(CSc1cccc2cccnc12)NNC(=O)C[C@@](O)(c1ccco1)C(F)(F)F. The zero-order valence-electron chi connectivity index (χ0n) is 15.3. The Labute approximate surface area is 172 Å². The number of rotatable bonds is 6. The monoisotopic (exact) mass is 439 g/mol. The number of carbonyl (C=O) groups is 2. The first kappa shape index (κ1) is 21.7. The third kappa shape index (κ3) is 4.74.